The van der Waals surface area contributed by atoms with E-state index in [1.54, 1.807) is 14.2 Å². The maximum absolute atomic E-state index is 5.58. The summed E-state index contributed by atoms with van der Waals surface area (Å²) in [5.41, 5.74) is 6.47. The van der Waals surface area contributed by atoms with E-state index in [0.29, 0.717) is 31.3 Å². The number of aryl methyl sites for hydroxylation is 3. The highest BCUT2D eigenvalue weighted by atomic mass is 16.5. The van der Waals surface area contributed by atoms with Gasteiger partial charge in [0.05, 0.1) is 37.3 Å². The second-order valence-electron chi connectivity index (χ2n) is 8.03. The third kappa shape index (κ3) is 4.19. The standard InChI is InChI=1S/C24H27N7O2/c1-30-19(14-16-6-4-5-7-20(16)33-3)22-18(28-30)9-8-17-15-25-24(27-23(17)22)26-21-10-11-31(29-21)12-13-32-2/h4-7,10-11,15H,8-9,12-14H2,1-3H3,(H,25,26,27,29). The van der Waals surface area contributed by atoms with Crippen molar-refractivity contribution in [2.75, 3.05) is 26.1 Å². The molecule has 0 unspecified atom stereocenters. The molecule has 0 bridgehead atoms. The molecule has 4 aromatic rings. The summed E-state index contributed by atoms with van der Waals surface area (Å²) in [5.74, 6) is 2.09. The number of anilines is 2. The third-order valence-corrected chi connectivity index (χ3v) is 5.93. The number of hydrogen-bond acceptors (Lipinski definition) is 7. The van der Waals surface area contributed by atoms with Crippen molar-refractivity contribution in [3.8, 4) is 17.0 Å². The molecule has 0 aliphatic heterocycles. The normalized spacial score (nSPS) is 12.3. The first-order valence-electron chi connectivity index (χ1n) is 11.0. The molecule has 1 aliphatic rings. The van der Waals surface area contributed by atoms with Gasteiger partial charge in [-0.2, -0.15) is 10.2 Å². The Hall–Kier alpha value is -3.72. The summed E-state index contributed by atoms with van der Waals surface area (Å²) in [7, 11) is 5.38. The van der Waals surface area contributed by atoms with Crippen LogP contribution < -0.4 is 10.1 Å². The van der Waals surface area contributed by atoms with Crippen LogP contribution in [0.25, 0.3) is 11.3 Å². The summed E-state index contributed by atoms with van der Waals surface area (Å²) in [5, 5.41) is 12.6. The summed E-state index contributed by atoms with van der Waals surface area (Å²) < 4.78 is 14.5. The van der Waals surface area contributed by atoms with Crippen LogP contribution in [-0.2, 0) is 37.6 Å². The summed E-state index contributed by atoms with van der Waals surface area (Å²) in [6.45, 7) is 1.30. The number of rotatable bonds is 8. The minimum atomic E-state index is 0.519. The van der Waals surface area contributed by atoms with Gasteiger partial charge >= 0.3 is 0 Å². The highest BCUT2D eigenvalue weighted by Crippen LogP contribution is 2.36. The van der Waals surface area contributed by atoms with Crippen LogP contribution in [0.2, 0.25) is 0 Å². The summed E-state index contributed by atoms with van der Waals surface area (Å²) in [6, 6.07) is 10.0. The lowest BCUT2D eigenvalue weighted by Crippen LogP contribution is -2.10. The molecular weight excluding hydrogens is 418 g/mol. The van der Waals surface area contributed by atoms with Gasteiger partial charge in [-0.1, -0.05) is 18.2 Å². The van der Waals surface area contributed by atoms with E-state index in [-0.39, 0.29) is 0 Å². The first-order chi connectivity index (χ1) is 16.2. The Bertz CT molecular complexity index is 1280. The van der Waals surface area contributed by atoms with Crippen LogP contribution in [0, 0.1) is 0 Å². The van der Waals surface area contributed by atoms with Crippen LogP contribution in [-0.4, -0.2) is 50.4 Å². The minimum Gasteiger partial charge on any atom is -0.496 e. The summed E-state index contributed by atoms with van der Waals surface area (Å²) in [4.78, 5) is 9.43. The SMILES string of the molecule is COCCn1ccc(Nc2ncc3c(n2)-c2c(nn(C)c2Cc2ccccc2OC)CC3)n1. The molecule has 0 atom stereocenters. The molecule has 1 aliphatic carbocycles. The van der Waals surface area contributed by atoms with Crippen molar-refractivity contribution in [1.29, 1.82) is 0 Å². The van der Waals surface area contributed by atoms with Crippen LogP contribution in [0.1, 0.15) is 22.5 Å². The van der Waals surface area contributed by atoms with E-state index in [1.165, 1.54) is 0 Å². The summed E-state index contributed by atoms with van der Waals surface area (Å²) >= 11 is 0. The number of nitrogens with zero attached hydrogens (tertiary/aromatic N) is 6. The van der Waals surface area contributed by atoms with E-state index in [1.807, 2.05) is 53.1 Å². The van der Waals surface area contributed by atoms with Gasteiger partial charge in [0.2, 0.25) is 5.95 Å². The van der Waals surface area contributed by atoms with Gasteiger partial charge < -0.3 is 14.8 Å². The molecule has 33 heavy (non-hydrogen) atoms. The van der Waals surface area contributed by atoms with E-state index in [0.717, 1.165) is 52.4 Å². The zero-order valence-corrected chi connectivity index (χ0v) is 19.1. The smallest absolute Gasteiger partial charge is 0.228 e. The Labute approximate surface area is 192 Å². The van der Waals surface area contributed by atoms with Gasteiger partial charge in [-0.3, -0.25) is 9.36 Å². The zero-order valence-electron chi connectivity index (χ0n) is 19.1. The van der Waals surface area contributed by atoms with Gasteiger partial charge in [-0.05, 0) is 24.5 Å². The van der Waals surface area contributed by atoms with E-state index in [9.17, 15) is 0 Å². The van der Waals surface area contributed by atoms with Crippen molar-refractivity contribution in [3.63, 3.8) is 0 Å². The topological polar surface area (TPSA) is 91.9 Å². The molecular formula is C24H27N7O2. The molecule has 0 amide bonds. The minimum absolute atomic E-state index is 0.519. The van der Waals surface area contributed by atoms with Crippen LogP contribution in [0.15, 0.2) is 42.7 Å². The predicted octanol–water partition coefficient (Wildman–Crippen LogP) is 3.16. The number of ether oxygens (including phenoxy) is 2. The number of benzene rings is 1. The van der Waals surface area contributed by atoms with Gasteiger partial charge in [0, 0.05) is 50.2 Å². The maximum Gasteiger partial charge on any atom is 0.228 e. The Morgan fingerprint density at radius 2 is 1.97 bits per heavy atom. The lowest BCUT2D eigenvalue weighted by molar-refractivity contribution is 0.183. The van der Waals surface area contributed by atoms with Gasteiger partial charge in [0.15, 0.2) is 5.82 Å². The first kappa shape index (κ1) is 21.1. The molecule has 3 aromatic heterocycles. The molecule has 1 N–H and O–H groups in total. The fourth-order valence-corrected chi connectivity index (χ4v) is 4.27. The zero-order chi connectivity index (χ0) is 22.8. The Morgan fingerprint density at radius 3 is 2.82 bits per heavy atom. The Kier molecular flexibility index (Phi) is 5.78. The molecule has 0 saturated carbocycles. The molecule has 5 rings (SSSR count). The van der Waals surface area contributed by atoms with Gasteiger partial charge in [0.1, 0.15) is 5.75 Å². The average Bonchev–Trinajstić information content (AvgIpc) is 3.41. The van der Waals surface area contributed by atoms with E-state index in [2.05, 4.69) is 21.5 Å². The van der Waals surface area contributed by atoms with Crippen LogP contribution >= 0.6 is 0 Å². The fourth-order valence-electron chi connectivity index (χ4n) is 4.27. The average molecular weight is 446 g/mol. The third-order valence-electron chi connectivity index (χ3n) is 5.93. The lowest BCUT2D eigenvalue weighted by Gasteiger charge is -2.17. The quantitative estimate of drug-likeness (QED) is 0.445. The lowest BCUT2D eigenvalue weighted by atomic mass is 9.91. The molecule has 9 heteroatoms. The second kappa shape index (κ2) is 9.03. The van der Waals surface area contributed by atoms with Crippen molar-refractivity contribution in [2.24, 2.45) is 7.05 Å². The van der Waals surface area contributed by atoms with Crippen molar-refractivity contribution in [1.82, 2.24) is 29.5 Å². The van der Waals surface area contributed by atoms with E-state index in [4.69, 9.17) is 19.6 Å². The highest BCUT2D eigenvalue weighted by Gasteiger charge is 2.27. The molecule has 0 saturated heterocycles. The molecule has 170 valence electrons. The van der Waals surface area contributed by atoms with E-state index >= 15 is 0 Å². The van der Waals surface area contributed by atoms with Crippen molar-refractivity contribution < 1.29 is 9.47 Å². The molecule has 9 nitrogen and oxygen atoms in total. The number of aromatic nitrogens is 6. The van der Waals surface area contributed by atoms with Crippen LogP contribution in [0.5, 0.6) is 5.75 Å². The van der Waals surface area contributed by atoms with Crippen molar-refractivity contribution in [3.05, 3.63) is 65.2 Å². The van der Waals surface area contributed by atoms with Gasteiger partial charge in [-0.25, -0.2) is 9.97 Å². The predicted molar refractivity (Wildman–Crippen MR) is 125 cm³/mol. The number of para-hydroxylation sites is 1. The number of fused-ring (bicyclic) bond motifs is 3. The van der Waals surface area contributed by atoms with Crippen LogP contribution in [0.3, 0.4) is 0 Å². The maximum atomic E-state index is 5.58. The number of hydrogen-bond donors (Lipinski definition) is 1. The monoisotopic (exact) mass is 445 g/mol. The second-order valence-corrected chi connectivity index (χ2v) is 8.03. The van der Waals surface area contributed by atoms with Gasteiger partial charge in [-0.15, -0.1) is 0 Å². The molecule has 3 heterocycles. The summed E-state index contributed by atoms with van der Waals surface area (Å²) in [6.07, 6.45) is 6.28. The Morgan fingerprint density at radius 1 is 1.09 bits per heavy atom. The highest BCUT2D eigenvalue weighted by molar-refractivity contribution is 5.72. The molecule has 0 radical (unpaired) electrons. The molecule has 0 spiro atoms. The largest absolute Gasteiger partial charge is 0.496 e. The fraction of sp³-hybridized carbons (Fsp3) is 0.333. The van der Waals surface area contributed by atoms with Crippen molar-refractivity contribution in [2.45, 2.75) is 25.8 Å². The van der Waals surface area contributed by atoms with Crippen molar-refractivity contribution >= 4 is 11.8 Å². The molecule has 1 aromatic carbocycles. The number of methoxy groups -OCH3 is 2. The van der Waals surface area contributed by atoms with Crippen LogP contribution in [0.4, 0.5) is 11.8 Å². The first-order valence-corrected chi connectivity index (χ1v) is 11.0. The molecule has 0 fully saturated rings. The number of nitrogens with one attached hydrogen (secondary N) is 1. The van der Waals surface area contributed by atoms with E-state index < -0.39 is 0 Å². The Balaban J connectivity index is 1.48. The van der Waals surface area contributed by atoms with Gasteiger partial charge in [0.25, 0.3) is 0 Å².